The van der Waals surface area contributed by atoms with E-state index in [1.54, 1.807) is 44.6 Å². The number of carbonyl (C=O) groups is 2. The zero-order valence-electron chi connectivity index (χ0n) is 17.3. The molecule has 0 spiro atoms. The highest BCUT2D eigenvalue weighted by atomic mass is 16.2. The van der Waals surface area contributed by atoms with Gasteiger partial charge in [0.25, 0.3) is 5.91 Å². The van der Waals surface area contributed by atoms with Crippen LogP contribution in [0.25, 0.3) is 0 Å². The van der Waals surface area contributed by atoms with E-state index in [0.717, 1.165) is 11.1 Å². The lowest BCUT2D eigenvalue weighted by molar-refractivity contribution is 0.0951. The summed E-state index contributed by atoms with van der Waals surface area (Å²) in [7, 11) is 3.44. The minimum Gasteiger partial charge on any atom is -0.373 e. The van der Waals surface area contributed by atoms with Gasteiger partial charge in [0.15, 0.2) is 0 Å². The average Bonchev–Trinajstić information content (AvgIpc) is 2.79. The Bertz CT molecular complexity index is 1040. The Morgan fingerprint density at radius 1 is 1.03 bits per heavy atom. The first-order valence-corrected chi connectivity index (χ1v) is 9.59. The number of benzene rings is 2. The standard InChI is InChI=1S/C23H25N5O2/c1-16-9-10-18(22(29)26-15-17-7-5-4-6-8-17)13-20(16)27-23(30)28(3)19-11-12-25-21(14-19)24-2/h4-14H,15H2,1-3H3,(H,24,25)(H,26,29)(H,27,30). The summed E-state index contributed by atoms with van der Waals surface area (Å²) in [6.45, 7) is 2.32. The van der Waals surface area contributed by atoms with Crippen molar-refractivity contribution in [2.75, 3.05) is 29.6 Å². The van der Waals surface area contributed by atoms with Gasteiger partial charge >= 0.3 is 6.03 Å². The molecule has 0 saturated heterocycles. The molecule has 0 aliphatic heterocycles. The van der Waals surface area contributed by atoms with Crippen molar-refractivity contribution >= 4 is 29.1 Å². The van der Waals surface area contributed by atoms with Crippen LogP contribution in [-0.4, -0.2) is 31.0 Å². The number of aromatic nitrogens is 1. The minimum atomic E-state index is -0.312. The van der Waals surface area contributed by atoms with Crippen molar-refractivity contribution in [1.82, 2.24) is 10.3 Å². The second-order valence-electron chi connectivity index (χ2n) is 6.84. The molecule has 1 aromatic heterocycles. The fourth-order valence-corrected chi connectivity index (χ4v) is 2.86. The number of hydrogen-bond donors (Lipinski definition) is 3. The molecular formula is C23H25N5O2. The number of aryl methyl sites for hydroxylation is 1. The number of nitrogens with one attached hydrogen (secondary N) is 3. The number of amides is 3. The fourth-order valence-electron chi connectivity index (χ4n) is 2.86. The molecule has 1 heterocycles. The number of anilines is 3. The number of carbonyl (C=O) groups excluding carboxylic acids is 2. The number of rotatable bonds is 6. The van der Waals surface area contributed by atoms with Gasteiger partial charge in [0.1, 0.15) is 5.82 Å². The molecule has 3 aromatic rings. The summed E-state index contributed by atoms with van der Waals surface area (Å²) >= 11 is 0. The lowest BCUT2D eigenvalue weighted by Crippen LogP contribution is -2.31. The van der Waals surface area contributed by atoms with Crippen LogP contribution in [0, 0.1) is 6.92 Å². The zero-order valence-corrected chi connectivity index (χ0v) is 17.3. The topological polar surface area (TPSA) is 86.4 Å². The van der Waals surface area contributed by atoms with E-state index in [0.29, 0.717) is 29.3 Å². The highest BCUT2D eigenvalue weighted by Gasteiger charge is 2.14. The summed E-state index contributed by atoms with van der Waals surface area (Å²) < 4.78 is 0. The molecule has 0 saturated carbocycles. The van der Waals surface area contributed by atoms with E-state index < -0.39 is 0 Å². The Hall–Kier alpha value is -3.87. The van der Waals surface area contributed by atoms with E-state index in [-0.39, 0.29) is 11.9 Å². The smallest absolute Gasteiger partial charge is 0.326 e. The molecule has 0 bridgehead atoms. The third kappa shape index (κ3) is 5.14. The van der Waals surface area contributed by atoms with Crippen molar-refractivity contribution in [3.63, 3.8) is 0 Å². The van der Waals surface area contributed by atoms with Gasteiger partial charge in [-0.05, 0) is 36.2 Å². The molecule has 7 heteroatoms. The number of hydrogen-bond acceptors (Lipinski definition) is 4. The van der Waals surface area contributed by atoms with Gasteiger partial charge in [-0.1, -0.05) is 36.4 Å². The first-order chi connectivity index (χ1) is 14.5. The van der Waals surface area contributed by atoms with Crippen molar-refractivity contribution in [1.29, 1.82) is 0 Å². The first-order valence-electron chi connectivity index (χ1n) is 9.59. The molecule has 3 N–H and O–H groups in total. The maximum atomic E-state index is 12.7. The lowest BCUT2D eigenvalue weighted by Gasteiger charge is -2.19. The van der Waals surface area contributed by atoms with E-state index in [9.17, 15) is 9.59 Å². The SMILES string of the molecule is CNc1cc(N(C)C(=O)Nc2cc(C(=O)NCc3ccccc3)ccc2C)ccn1. The van der Waals surface area contributed by atoms with Gasteiger partial charge < -0.3 is 16.0 Å². The molecule has 30 heavy (non-hydrogen) atoms. The Balaban J connectivity index is 1.69. The van der Waals surface area contributed by atoms with Crippen LogP contribution in [-0.2, 0) is 6.54 Å². The lowest BCUT2D eigenvalue weighted by atomic mass is 10.1. The minimum absolute atomic E-state index is 0.199. The summed E-state index contributed by atoms with van der Waals surface area (Å²) in [5.41, 5.74) is 3.65. The summed E-state index contributed by atoms with van der Waals surface area (Å²) in [4.78, 5) is 30.9. The van der Waals surface area contributed by atoms with Crippen LogP contribution in [0.2, 0.25) is 0 Å². The maximum Gasteiger partial charge on any atom is 0.326 e. The van der Waals surface area contributed by atoms with E-state index >= 15 is 0 Å². The quantitative estimate of drug-likeness (QED) is 0.580. The molecule has 154 valence electrons. The molecule has 0 radical (unpaired) electrons. The molecule has 3 amide bonds. The maximum absolute atomic E-state index is 12.7. The van der Waals surface area contributed by atoms with Gasteiger partial charge in [-0.3, -0.25) is 9.69 Å². The van der Waals surface area contributed by atoms with Crippen molar-refractivity contribution < 1.29 is 9.59 Å². The van der Waals surface area contributed by atoms with Gasteiger partial charge in [-0.2, -0.15) is 0 Å². The third-order valence-corrected chi connectivity index (χ3v) is 4.73. The second kappa shape index (κ2) is 9.56. The Morgan fingerprint density at radius 2 is 1.80 bits per heavy atom. The first kappa shape index (κ1) is 20.9. The van der Waals surface area contributed by atoms with Crippen molar-refractivity contribution in [2.24, 2.45) is 0 Å². The van der Waals surface area contributed by atoms with Crippen LogP contribution in [0.5, 0.6) is 0 Å². The molecule has 0 fully saturated rings. The highest BCUT2D eigenvalue weighted by molar-refractivity contribution is 6.03. The summed E-state index contributed by atoms with van der Waals surface area (Å²) in [5.74, 6) is 0.468. The summed E-state index contributed by atoms with van der Waals surface area (Å²) in [5, 5.41) is 8.73. The van der Waals surface area contributed by atoms with Crippen molar-refractivity contribution in [3.05, 3.63) is 83.6 Å². The molecule has 0 aliphatic rings. The van der Waals surface area contributed by atoms with Crippen LogP contribution in [0.1, 0.15) is 21.5 Å². The van der Waals surface area contributed by atoms with Gasteiger partial charge in [0, 0.05) is 44.2 Å². The molecule has 2 aromatic carbocycles. The van der Waals surface area contributed by atoms with E-state index in [1.807, 2.05) is 43.3 Å². The second-order valence-corrected chi connectivity index (χ2v) is 6.84. The van der Waals surface area contributed by atoms with Crippen LogP contribution in [0.15, 0.2) is 66.9 Å². The van der Waals surface area contributed by atoms with Crippen LogP contribution >= 0.6 is 0 Å². The zero-order chi connectivity index (χ0) is 21.5. The van der Waals surface area contributed by atoms with Crippen LogP contribution in [0.4, 0.5) is 22.0 Å². The number of nitrogens with zero attached hydrogens (tertiary/aromatic N) is 2. The highest BCUT2D eigenvalue weighted by Crippen LogP contribution is 2.20. The monoisotopic (exact) mass is 403 g/mol. The van der Waals surface area contributed by atoms with Crippen LogP contribution < -0.4 is 20.9 Å². The number of pyridine rings is 1. The van der Waals surface area contributed by atoms with E-state index in [1.165, 1.54) is 4.90 Å². The summed E-state index contributed by atoms with van der Waals surface area (Å²) in [6.07, 6.45) is 1.63. The predicted molar refractivity (Wildman–Crippen MR) is 120 cm³/mol. The molecule has 0 unspecified atom stereocenters. The van der Waals surface area contributed by atoms with Crippen molar-refractivity contribution in [3.8, 4) is 0 Å². The Labute approximate surface area is 176 Å². The van der Waals surface area contributed by atoms with Gasteiger partial charge in [0.05, 0.1) is 5.69 Å². The molecule has 0 atom stereocenters. The molecule has 0 aliphatic carbocycles. The van der Waals surface area contributed by atoms with Crippen LogP contribution in [0.3, 0.4) is 0 Å². The molecule has 7 nitrogen and oxygen atoms in total. The predicted octanol–water partition coefficient (Wildman–Crippen LogP) is 4.03. The van der Waals surface area contributed by atoms with E-state index in [4.69, 9.17) is 0 Å². The normalized spacial score (nSPS) is 10.2. The molecular weight excluding hydrogens is 378 g/mol. The van der Waals surface area contributed by atoms with Gasteiger partial charge in [-0.15, -0.1) is 0 Å². The Kier molecular flexibility index (Phi) is 6.64. The van der Waals surface area contributed by atoms with Gasteiger partial charge in [-0.25, -0.2) is 9.78 Å². The Morgan fingerprint density at radius 3 is 2.53 bits per heavy atom. The fraction of sp³-hybridized carbons (Fsp3) is 0.174. The van der Waals surface area contributed by atoms with Crippen molar-refractivity contribution in [2.45, 2.75) is 13.5 Å². The largest absolute Gasteiger partial charge is 0.373 e. The average molecular weight is 403 g/mol. The summed E-state index contributed by atoms with van der Waals surface area (Å²) in [6, 6.07) is 18.2. The third-order valence-electron chi connectivity index (χ3n) is 4.73. The van der Waals surface area contributed by atoms with E-state index in [2.05, 4.69) is 20.9 Å². The molecule has 3 rings (SSSR count). The van der Waals surface area contributed by atoms with Gasteiger partial charge in [0.2, 0.25) is 0 Å². The number of urea groups is 1.